The highest BCUT2D eigenvalue weighted by Gasteiger charge is 2.15. The lowest BCUT2D eigenvalue weighted by Gasteiger charge is -2.14. The number of hydrogen-bond acceptors (Lipinski definition) is 9. The van der Waals surface area contributed by atoms with E-state index in [-0.39, 0.29) is 0 Å². The summed E-state index contributed by atoms with van der Waals surface area (Å²) in [5.74, 6) is 2.95. The summed E-state index contributed by atoms with van der Waals surface area (Å²) in [5.41, 5.74) is 4.17. The molecular formula is C29H23N5O3S. The SMILES string of the molecule is COc1cnc2c(Oc3ccc(Nc4nnc(-c5cc(C)cs5)c5ccccc45)cc3OC)ccnc2c1. The summed E-state index contributed by atoms with van der Waals surface area (Å²) in [6.07, 6.45) is 3.31. The number of aryl methyl sites for hydroxylation is 1. The van der Waals surface area contributed by atoms with Crippen molar-refractivity contribution in [3.63, 3.8) is 0 Å². The molecular weight excluding hydrogens is 498 g/mol. The molecule has 9 heteroatoms. The van der Waals surface area contributed by atoms with E-state index in [1.165, 1.54) is 5.56 Å². The summed E-state index contributed by atoms with van der Waals surface area (Å²) < 4.78 is 17.1. The number of nitrogens with zero attached hydrogens (tertiary/aromatic N) is 4. The fourth-order valence-corrected chi connectivity index (χ4v) is 5.10. The number of hydrogen-bond donors (Lipinski definition) is 1. The molecule has 4 heterocycles. The van der Waals surface area contributed by atoms with Gasteiger partial charge in [0.1, 0.15) is 17.0 Å². The number of rotatable bonds is 7. The Balaban J connectivity index is 1.32. The molecule has 0 amide bonds. The zero-order valence-corrected chi connectivity index (χ0v) is 21.7. The Bertz CT molecular complexity index is 1790. The lowest BCUT2D eigenvalue weighted by Crippen LogP contribution is -2.00. The number of fused-ring (bicyclic) bond motifs is 2. The summed E-state index contributed by atoms with van der Waals surface area (Å²) in [7, 11) is 3.20. The Morgan fingerprint density at radius 2 is 1.68 bits per heavy atom. The normalized spacial score (nSPS) is 11.0. The summed E-state index contributed by atoms with van der Waals surface area (Å²) in [6, 6.07) is 19.5. The molecule has 8 nitrogen and oxygen atoms in total. The van der Waals surface area contributed by atoms with Crippen molar-refractivity contribution in [1.82, 2.24) is 20.2 Å². The van der Waals surface area contributed by atoms with Crippen LogP contribution in [0.2, 0.25) is 0 Å². The summed E-state index contributed by atoms with van der Waals surface area (Å²) in [6.45, 7) is 2.08. The molecule has 0 saturated heterocycles. The number of methoxy groups -OCH3 is 2. The first-order valence-electron chi connectivity index (χ1n) is 11.9. The van der Waals surface area contributed by atoms with Crippen molar-refractivity contribution in [2.75, 3.05) is 19.5 Å². The van der Waals surface area contributed by atoms with Crippen molar-refractivity contribution in [2.24, 2.45) is 0 Å². The average molecular weight is 522 g/mol. The van der Waals surface area contributed by atoms with Crippen LogP contribution in [0.25, 0.3) is 32.4 Å². The van der Waals surface area contributed by atoms with E-state index in [1.54, 1.807) is 44.0 Å². The smallest absolute Gasteiger partial charge is 0.169 e. The highest BCUT2D eigenvalue weighted by atomic mass is 32.1. The molecule has 0 unspecified atom stereocenters. The van der Waals surface area contributed by atoms with Crippen LogP contribution in [0.15, 0.2) is 78.4 Å². The monoisotopic (exact) mass is 521 g/mol. The van der Waals surface area contributed by atoms with Crippen LogP contribution >= 0.6 is 11.3 Å². The van der Waals surface area contributed by atoms with E-state index in [9.17, 15) is 0 Å². The van der Waals surface area contributed by atoms with E-state index in [2.05, 4.69) is 49.9 Å². The second-order valence-electron chi connectivity index (χ2n) is 8.58. The Morgan fingerprint density at radius 3 is 2.47 bits per heavy atom. The number of nitrogens with one attached hydrogen (secondary N) is 1. The first-order chi connectivity index (χ1) is 18.6. The molecule has 0 radical (unpaired) electrons. The zero-order chi connectivity index (χ0) is 26.1. The molecule has 0 saturated carbocycles. The van der Waals surface area contributed by atoms with Gasteiger partial charge in [-0.3, -0.25) is 4.98 Å². The van der Waals surface area contributed by atoms with Gasteiger partial charge in [0.25, 0.3) is 0 Å². The number of benzene rings is 2. The van der Waals surface area contributed by atoms with Gasteiger partial charge in [-0.1, -0.05) is 24.3 Å². The number of pyridine rings is 2. The molecule has 0 bridgehead atoms. The summed E-state index contributed by atoms with van der Waals surface area (Å²) in [4.78, 5) is 9.92. The molecule has 38 heavy (non-hydrogen) atoms. The fraction of sp³-hybridized carbons (Fsp3) is 0.103. The Kier molecular flexibility index (Phi) is 6.19. The van der Waals surface area contributed by atoms with Crippen molar-refractivity contribution < 1.29 is 14.2 Å². The first kappa shape index (κ1) is 23.6. The third kappa shape index (κ3) is 4.44. The van der Waals surface area contributed by atoms with E-state index in [0.29, 0.717) is 39.8 Å². The molecule has 188 valence electrons. The predicted octanol–water partition coefficient (Wildman–Crippen LogP) is 7.16. The van der Waals surface area contributed by atoms with Crippen LogP contribution in [0, 0.1) is 6.92 Å². The van der Waals surface area contributed by atoms with Crippen LogP contribution in [-0.2, 0) is 0 Å². The van der Waals surface area contributed by atoms with Crippen LogP contribution in [0.4, 0.5) is 11.5 Å². The molecule has 0 spiro atoms. The second-order valence-corrected chi connectivity index (χ2v) is 9.49. The molecule has 1 N–H and O–H groups in total. The van der Waals surface area contributed by atoms with Crippen molar-refractivity contribution in [1.29, 1.82) is 0 Å². The molecule has 4 aromatic heterocycles. The van der Waals surface area contributed by atoms with Crippen molar-refractivity contribution >= 4 is 44.6 Å². The van der Waals surface area contributed by atoms with E-state index >= 15 is 0 Å². The standard InChI is InChI=1S/C29H23N5O3S/c1-17-12-26(38-16-17)27-20-6-4-5-7-21(20)29(34-33-27)32-18-8-9-23(25(13-18)36-3)37-24-10-11-30-22-14-19(35-2)15-31-28(22)24/h4-16H,1-3H3,(H,32,34). The van der Waals surface area contributed by atoms with E-state index < -0.39 is 0 Å². The largest absolute Gasteiger partial charge is 0.495 e. The van der Waals surface area contributed by atoms with Gasteiger partial charge >= 0.3 is 0 Å². The highest BCUT2D eigenvalue weighted by Crippen LogP contribution is 2.38. The Morgan fingerprint density at radius 1 is 0.816 bits per heavy atom. The van der Waals surface area contributed by atoms with E-state index in [1.807, 2.05) is 42.5 Å². The summed E-state index contributed by atoms with van der Waals surface area (Å²) in [5, 5.41) is 16.6. The first-order valence-corrected chi connectivity index (χ1v) is 12.7. The van der Waals surface area contributed by atoms with Crippen molar-refractivity contribution in [3.05, 3.63) is 84.0 Å². The van der Waals surface area contributed by atoms with Crippen LogP contribution in [0.5, 0.6) is 23.0 Å². The zero-order valence-electron chi connectivity index (χ0n) is 20.9. The Hall–Kier alpha value is -4.76. The topological polar surface area (TPSA) is 91.3 Å². The lowest BCUT2D eigenvalue weighted by molar-refractivity contribution is 0.380. The maximum absolute atomic E-state index is 6.21. The minimum atomic E-state index is 0.544. The van der Waals surface area contributed by atoms with E-state index in [4.69, 9.17) is 14.2 Å². The van der Waals surface area contributed by atoms with Gasteiger partial charge in [0, 0.05) is 40.9 Å². The van der Waals surface area contributed by atoms with Gasteiger partial charge in [-0.25, -0.2) is 4.98 Å². The average Bonchev–Trinajstić information content (AvgIpc) is 3.39. The molecule has 6 rings (SSSR count). The number of ether oxygens (including phenoxy) is 3. The molecule has 0 aliphatic carbocycles. The maximum Gasteiger partial charge on any atom is 0.169 e. The fourth-order valence-electron chi connectivity index (χ4n) is 4.20. The number of anilines is 2. The predicted molar refractivity (Wildman–Crippen MR) is 150 cm³/mol. The summed E-state index contributed by atoms with van der Waals surface area (Å²) >= 11 is 1.67. The molecule has 6 aromatic rings. The molecule has 0 atom stereocenters. The molecule has 0 aliphatic rings. The third-order valence-electron chi connectivity index (χ3n) is 6.05. The lowest BCUT2D eigenvalue weighted by atomic mass is 10.1. The van der Waals surface area contributed by atoms with Crippen molar-refractivity contribution in [3.8, 4) is 33.6 Å². The Labute approximate surface area is 222 Å². The van der Waals surface area contributed by atoms with E-state index in [0.717, 1.165) is 27.0 Å². The quantitative estimate of drug-likeness (QED) is 0.237. The minimum absolute atomic E-state index is 0.544. The molecule has 0 fully saturated rings. The van der Waals surface area contributed by atoms with Gasteiger partial charge in [0.2, 0.25) is 0 Å². The van der Waals surface area contributed by atoms with Gasteiger partial charge in [0.05, 0.1) is 30.8 Å². The number of aromatic nitrogens is 4. The van der Waals surface area contributed by atoms with Gasteiger partial charge in [-0.15, -0.1) is 21.5 Å². The van der Waals surface area contributed by atoms with Gasteiger partial charge in [0.15, 0.2) is 23.1 Å². The highest BCUT2D eigenvalue weighted by molar-refractivity contribution is 7.13. The van der Waals surface area contributed by atoms with Gasteiger partial charge in [-0.2, -0.15) is 0 Å². The minimum Gasteiger partial charge on any atom is -0.495 e. The van der Waals surface area contributed by atoms with Crippen LogP contribution in [0.1, 0.15) is 5.56 Å². The molecule has 2 aromatic carbocycles. The van der Waals surface area contributed by atoms with Crippen molar-refractivity contribution in [2.45, 2.75) is 6.92 Å². The molecule has 0 aliphatic heterocycles. The van der Waals surface area contributed by atoms with Crippen LogP contribution in [-0.4, -0.2) is 34.4 Å². The second kappa shape index (κ2) is 9.95. The number of thiophene rings is 1. The maximum atomic E-state index is 6.21. The third-order valence-corrected chi connectivity index (χ3v) is 7.10. The van der Waals surface area contributed by atoms with Gasteiger partial charge < -0.3 is 19.5 Å². The van der Waals surface area contributed by atoms with Crippen LogP contribution < -0.4 is 19.5 Å². The van der Waals surface area contributed by atoms with Gasteiger partial charge in [-0.05, 0) is 36.1 Å². The van der Waals surface area contributed by atoms with Crippen LogP contribution in [0.3, 0.4) is 0 Å².